The van der Waals surface area contributed by atoms with Crippen molar-refractivity contribution in [2.45, 2.75) is 52.4 Å². The molecule has 2 aliphatic carbocycles. The van der Waals surface area contributed by atoms with Gasteiger partial charge in [-0.1, -0.05) is 20.8 Å². The molecule has 0 radical (unpaired) electrons. The molecular formula is C12H20F2. The van der Waals surface area contributed by atoms with Crippen LogP contribution in [-0.2, 0) is 0 Å². The molecule has 2 aliphatic rings. The summed E-state index contributed by atoms with van der Waals surface area (Å²) in [7, 11) is 0. The Kier molecular flexibility index (Phi) is 2.17. The molecule has 0 aromatic carbocycles. The molecule has 2 unspecified atom stereocenters. The van der Waals surface area contributed by atoms with Gasteiger partial charge in [-0.15, -0.1) is 0 Å². The number of halogens is 2. The van der Waals surface area contributed by atoms with Gasteiger partial charge in [0.2, 0.25) is 5.92 Å². The zero-order chi connectivity index (χ0) is 10.6. The monoisotopic (exact) mass is 202 g/mol. The first-order valence-corrected chi connectivity index (χ1v) is 5.66. The van der Waals surface area contributed by atoms with Gasteiger partial charge in [-0.05, 0) is 36.0 Å². The molecule has 2 atom stereocenters. The third-order valence-corrected chi connectivity index (χ3v) is 4.19. The standard InChI is InChI=1S/C12H20F2/c1-11(2,3)10-4-8-6-12(13,14)7-9(8)5-10/h8-10H,4-7H2,1-3H3. The van der Waals surface area contributed by atoms with E-state index in [9.17, 15) is 8.78 Å². The number of hydrogen-bond acceptors (Lipinski definition) is 0. The van der Waals surface area contributed by atoms with Crippen LogP contribution >= 0.6 is 0 Å². The summed E-state index contributed by atoms with van der Waals surface area (Å²) in [5.74, 6) is -1.06. The van der Waals surface area contributed by atoms with Crippen molar-refractivity contribution in [3.05, 3.63) is 0 Å². The third kappa shape index (κ3) is 1.80. The normalized spacial score (nSPS) is 41.4. The lowest BCUT2D eigenvalue weighted by molar-refractivity contribution is -0.00318. The summed E-state index contributed by atoms with van der Waals surface area (Å²) in [6.07, 6.45) is 2.38. The zero-order valence-corrected chi connectivity index (χ0v) is 9.32. The van der Waals surface area contributed by atoms with Gasteiger partial charge in [-0.25, -0.2) is 8.78 Å². The van der Waals surface area contributed by atoms with E-state index in [2.05, 4.69) is 20.8 Å². The summed E-state index contributed by atoms with van der Waals surface area (Å²) in [5, 5.41) is 0. The smallest absolute Gasteiger partial charge is 0.207 e. The topological polar surface area (TPSA) is 0 Å². The summed E-state index contributed by atoms with van der Waals surface area (Å²) >= 11 is 0. The van der Waals surface area contributed by atoms with E-state index in [1.807, 2.05) is 0 Å². The van der Waals surface area contributed by atoms with E-state index < -0.39 is 5.92 Å². The summed E-state index contributed by atoms with van der Waals surface area (Å²) in [4.78, 5) is 0. The first-order chi connectivity index (χ1) is 6.28. The van der Waals surface area contributed by atoms with Gasteiger partial charge in [-0.2, -0.15) is 0 Å². The average molecular weight is 202 g/mol. The Hall–Kier alpha value is -0.140. The number of fused-ring (bicyclic) bond motifs is 1. The maximum absolute atomic E-state index is 13.1. The summed E-state index contributed by atoms with van der Waals surface area (Å²) < 4.78 is 26.2. The molecule has 0 aromatic heterocycles. The molecule has 2 fully saturated rings. The van der Waals surface area contributed by atoms with Crippen LogP contribution in [0.4, 0.5) is 8.78 Å². The van der Waals surface area contributed by atoms with E-state index >= 15 is 0 Å². The van der Waals surface area contributed by atoms with Crippen molar-refractivity contribution in [2.75, 3.05) is 0 Å². The van der Waals surface area contributed by atoms with Gasteiger partial charge in [0, 0.05) is 12.8 Å². The van der Waals surface area contributed by atoms with Crippen LogP contribution in [0, 0.1) is 23.2 Å². The molecule has 0 N–H and O–H groups in total. The van der Waals surface area contributed by atoms with Crippen LogP contribution in [0.25, 0.3) is 0 Å². The minimum absolute atomic E-state index is 0.157. The second-order valence-corrected chi connectivity index (χ2v) is 6.32. The van der Waals surface area contributed by atoms with Crippen LogP contribution < -0.4 is 0 Å². The van der Waals surface area contributed by atoms with Gasteiger partial charge in [0.05, 0.1) is 0 Å². The highest BCUT2D eigenvalue weighted by atomic mass is 19.3. The SMILES string of the molecule is CC(C)(C)C1CC2CC(F)(F)CC2C1. The molecule has 0 aliphatic heterocycles. The minimum atomic E-state index is -2.35. The zero-order valence-electron chi connectivity index (χ0n) is 9.32. The van der Waals surface area contributed by atoms with E-state index in [4.69, 9.17) is 0 Å². The summed E-state index contributed by atoms with van der Waals surface area (Å²) in [6.45, 7) is 6.70. The van der Waals surface area contributed by atoms with E-state index in [-0.39, 0.29) is 12.8 Å². The lowest BCUT2D eigenvalue weighted by atomic mass is 9.78. The highest BCUT2D eigenvalue weighted by Gasteiger charge is 2.51. The molecule has 2 rings (SSSR count). The van der Waals surface area contributed by atoms with Crippen LogP contribution in [0.3, 0.4) is 0 Å². The van der Waals surface area contributed by atoms with Crippen molar-refractivity contribution < 1.29 is 8.78 Å². The Bertz CT molecular complexity index is 211. The second-order valence-electron chi connectivity index (χ2n) is 6.32. The molecule has 82 valence electrons. The lowest BCUT2D eigenvalue weighted by Crippen LogP contribution is -2.20. The van der Waals surface area contributed by atoms with Gasteiger partial charge < -0.3 is 0 Å². The third-order valence-electron chi connectivity index (χ3n) is 4.19. The van der Waals surface area contributed by atoms with Crippen molar-refractivity contribution in [1.29, 1.82) is 0 Å². The molecule has 14 heavy (non-hydrogen) atoms. The van der Waals surface area contributed by atoms with Crippen LogP contribution in [0.1, 0.15) is 46.5 Å². The van der Waals surface area contributed by atoms with Crippen molar-refractivity contribution in [3.63, 3.8) is 0 Å². The molecule has 0 bridgehead atoms. The highest BCUT2D eigenvalue weighted by Crippen LogP contribution is 2.56. The van der Waals surface area contributed by atoms with Gasteiger partial charge in [-0.3, -0.25) is 0 Å². The Labute approximate surface area is 85.1 Å². The van der Waals surface area contributed by atoms with Gasteiger partial charge in [0.1, 0.15) is 0 Å². The summed E-state index contributed by atoms with van der Waals surface area (Å²) in [5.41, 5.74) is 0.305. The van der Waals surface area contributed by atoms with Crippen LogP contribution in [-0.4, -0.2) is 5.92 Å². The lowest BCUT2D eigenvalue weighted by Gasteiger charge is -2.28. The Morgan fingerprint density at radius 1 is 1.00 bits per heavy atom. The van der Waals surface area contributed by atoms with E-state index in [0.717, 1.165) is 12.8 Å². The fourth-order valence-electron chi connectivity index (χ4n) is 3.27. The van der Waals surface area contributed by atoms with Crippen molar-refractivity contribution in [1.82, 2.24) is 0 Å². The Balaban J connectivity index is 2.00. The first kappa shape index (κ1) is 10.4. The molecule has 0 nitrogen and oxygen atoms in total. The van der Waals surface area contributed by atoms with Crippen molar-refractivity contribution in [3.8, 4) is 0 Å². The number of rotatable bonds is 0. The number of hydrogen-bond donors (Lipinski definition) is 0. The largest absolute Gasteiger partial charge is 0.248 e. The minimum Gasteiger partial charge on any atom is -0.207 e. The fourth-order valence-corrected chi connectivity index (χ4v) is 3.27. The van der Waals surface area contributed by atoms with Crippen LogP contribution in [0.15, 0.2) is 0 Å². The quantitative estimate of drug-likeness (QED) is 0.554. The van der Waals surface area contributed by atoms with Gasteiger partial charge in [0.25, 0.3) is 0 Å². The average Bonchev–Trinajstić information content (AvgIpc) is 2.37. The Morgan fingerprint density at radius 3 is 1.79 bits per heavy atom. The molecule has 0 aromatic rings. The van der Waals surface area contributed by atoms with E-state index in [1.54, 1.807) is 0 Å². The second kappa shape index (κ2) is 2.93. The molecule has 0 saturated heterocycles. The maximum atomic E-state index is 13.1. The highest BCUT2D eigenvalue weighted by molar-refractivity contribution is 4.97. The number of alkyl halides is 2. The first-order valence-electron chi connectivity index (χ1n) is 5.66. The predicted octanol–water partition coefficient (Wildman–Crippen LogP) is 4.10. The molecule has 2 saturated carbocycles. The van der Waals surface area contributed by atoms with Gasteiger partial charge in [0.15, 0.2) is 0 Å². The molecule has 0 amide bonds. The Morgan fingerprint density at radius 2 is 1.43 bits per heavy atom. The van der Waals surface area contributed by atoms with Crippen molar-refractivity contribution >= 4 is 0 Å². The van der Waals surface area contributed by atoms with Crippen LogP contribution in [0.5, 0.6) is 0 Å². The molecule has 0 heterocycles. The van der Waals surface area contributed by atoms with Crippen molar-refractivity contribution in [2.24, 2.45) is 23.2 Å². The maximum Gasteiger partial charge on any atom is 0.248 e. The van der Waals surface area contributed by atoms with E-state index in [1.165, 1.54) is 0 Å². The van der Waals surface area contributed by atoms with Gasteiger partial charge >= 0.3 is 0 Å². The van der Waals surface area contributed by atoms with Crippen LogP contribution in [0.2, 0.25) is 0 Å². The molecular weight excluding hydrogens is 182 g/mol. The van der Waals surface area contributed by atoms with E-state index in [0.29, 0.717) is 23.2 Å². The molecule has 0 spiro atoms. The molecule has 2 heteroatoms. The summed E-state index contributed by atoms with van der Waals surface area (Å²) in [6, 6.07) is 0. The predicted molar refractivity (Wildman–Crippen MR) is 53.3 cm³/mol. The fraction of sp³-hybridized carbons (Fsp3) is 1.00.